The molecule has 0 radical (unpaired) electrons. The standard InChI is InChI=1S/C28H42N4O4/c1-6-32(20-24-14-10-13-23(31-24)19-30-18-17-29-5)25(27(34)36-28(2,3)4)15-16-26(33)35-21-22-11-8-7-9-12-22/h7-14,25,29-30H,6,15-21H2,1-5H3. The van der Waals surface area contributed by atoms with Crippen LogP contribution in [0.2, 0.25) is 0 Å². The first-order valence-electron chi connectivity index (χ1n) is 12.7. The summed E-state index contributed by atoms with van der Waals surface area (Å²) in [6, 6.07) is 14.9. The Morgan fingerprint density at radius 2 is 1.75 bits per heavy atom. The Kier molecular flexibility index (Phi) is 12.5. The maximum Gasteiger partial charge on any atom is 0.323 e. The summed E-state index contributed by atoms with van der Waals surface area (Å²) in [5.74, 6) is -0.679. The highest BCUT2D eigenvalue weighted by Gasteiger charge is 2.30. The molecule has 8 nitrogen and oxygen atoms in total. The van der Waals surface area contributed by atoms with Gasteiger partial charge < -0.3 is 20.1 Å². The smallest absolute Gasteiger partial charge is 0.323 e. The van der Waals surface area contributed by atoms with Crippen LogP contribution in [0.1, 0.15) is 57.5 Å². The molecule has 2 aromatic rings. The zero-order valence-corrected chi connectivity index (χ0v) is 22.4. The molecule has 0 fully saturated rings. The third-order valence-electron chi connectivity index (χ3n) is 5.48. The van der Waals surface area contributed by atoms with Gasteiger partial charge in [-0.15, -0.1) is 0 Å². The molecular formula is C28H42N4O4. The third-order valence-corrected chi connectivity index (χ3v) is 5.48. The molecule has 36 heavy (non-hydrogen) atoms. The van der Waals surface area contributed by atoms with Gasteiger partial charge >= 0.3 is 11.9 Å². The summed E-state index contributed by atoms with van der Waals surface area (Å²) >= 11 is 0. The van der Waals surface area contributed by atoms with Crippen molar-refractivity contribution in [3.05, 3.63) is 65.5 Å². The molecule has 198 valence electrons. The van der Waals surface area contributed by atoms with Crippen LogP contribution in [0.3, 0.4) is 0 Å². The average Bonchev–Trinajstić information content (AvgIpc) is 2.84. The number of nitrogens with zero attached hydrogens (tertiary/aromatic N) is 2. The van der Waals surface area contributed by atoms with Gasteiger partial charge in [0.15, 0.2) is 0 Å². The predicted octanol–water partition coefficient (Wildman–Crippen LogP) is 3.45. The quantitative estimate of drug-likeness (QED) is 0.285. The van der Waals surface area contributed by atoms with Gasteiger partial charge in [0.1, 0.15) is 18.2 Å². The molecular weight excluding hydrogens is 456 g/mol. The van der Waals surface area contributed by atoms with Gasteiger partial charge in [-0.25, -0.2) is 0 Å². The number of rotatable bonds is 15. The molecule has 1 unspecified atom stereocenters. The van der Waals surface area contributed by atoms with E-state index < -0.39 is 11.6 Å². The maximum absolute atomic E-state index is 13.2. The lowest BCUT2D eigenvalue weighted by atomic mass is 10.1. The second-order valence-electron chi connectivity index (χ2n) is 9.70. The Bertz CT molecular complexity index is 931. The third kappa shape index (κ3) is 11.3. The molecule has 0 aliphatic carbocycles. The molecule has 1 aromatic heterocycles. The van der Waals surface area contributed by atoms with Gasteiger partial charge in [-0.05, 0) is 58.5 Å². The number of ether oxygens (including phenoxy) is 2. The van der Waals surface area contributed by atoms with Gasteiger partial charge in [0.2, 0.25) is 0 Å². The van der Waals surface area contributed by atoms with Crippen LogP contribution >= 0.6 is 0 Å². The van der Waals surface area contributed by atoms with Crippen LogP contribution in [0, 0.1) is 0 Å². The number of pyridine rings is 1. The molecule has 2 rings (SSSR count). The van der Waals surface area contributed by atoms with Crippen molar-refractivity contribution in [2.75, 3.05) is 26.7 Å². The van der Waals surface area contributed by atoms with Crippen molar-refractivity contribution in [3.63, 3.8) is 0 Å². The van der Waals surface area contributed by atoms with E-state index in [0.29, 0.717) is 26.1 Å². The second kappa shape index (κ2) is 15.3. The largest absolute Gasteiger partial charge is 0.461 e. The number of carbonyl (C=O) groups excluding carboxylic acids is 2. The van der Waals surface area contributed by atoms with E-state index in [-0.39, 0.29) is 25.0 Å². The molecule has 0 saturated carbocycles. The van der Waals surface area contributed by atoms with Crippen molar-refractivity contribution in [1.82, 2.24) is 20.5 Å². The molecule has 0 amide bonds. The number of aromatic nitrogens is 1. The molecule has 8 heteroatoms. The summed E-state index contributed by atoms with van der Waals surface area (Å²) in [7, 11) is 1.92. The molecule has 1 aromatic carbocycles. The van der Waals surface area contributed by atoms with Gasteiger partial charge in [0.05, 0.1) is 11.4 Å². The van der Waals surface area contributed by atoms with E-state index >= 15 is 0 Å². The molecule has 0 bridgehead atoms. The van der Waals surface area contributed by atoms with Gasteiger partial charge in [0.25, 0.3) is 0 Å². The molecule has 1 atom stereocenters. The number of hydrogen-bond acceptors (Lipinski definition) is 8. The van der Waals surface area contributed by atoms with E-state index in [4.69, 9.17) is 14.5 Å². The second-order valence-corrected chi connectivity index (χ2v) is 9.70. The first kappa shape index (κ1) is 29.4. The fraction of sp³-hybridized carbons (Fsp3) is 0.536. The van der Waals surface area contributed by atoms with Crippen molar-refractivity contribution in [1.29, 1.82) is 0 Å². The van der Waals surface area contributed by atoms with Crippen molar-refractivity contribution in [2.24, 2.45) is 0 Å². The van der Waals surface area contributed by atoms with Crippen LogP contribution in [-0.4, -0.2) is 60.1 Å². The molecule has 0 aliphatic heterocycles. The van der Waals surface area contributed by atoms with Crippen molar-refractivity contribution in [3.8, 4) is 0 Å². The SMILES string of the molecule is CCN(Cc1cccc(CNCCNC)n1)C(CCC(=O)OCc1ccccc1)C(=O)OC(C)(C)C. The highest BCUT2D eigenvalue weighted by atomic mass is 16.6. The van der Waals surface area contributed by atoms with Crippen LogP contribution in [0.4, 0.5) is 0 Å². The minimum absolute atomic E-state index is 0.121. The molecule has 1 heterocycles. The number of carbonyl (C=O) groups is 2. The minimum atomic E-state index is -0.625. The predicted molar refractivity (Wildman–Crippen MR) is 141 cm³/mol. The van der Waals surface area contributed by atoms with Crippen molar-refractivity contribution < 1.29 is 19.1 Å². The molecule has 0 saturated heterocycles. The number of nitrogens with one attached hydrogen (secondary N) is 2. The number of hydrogen-bond donors (Lipinski definition) is 2. The van der Waals surface area contributed by atoms with Gasteiger partial charge in [-0.1, -0.05) is 43.3 Å². The summed E-state index contributed by atoms with van der Waals surface area (Å²) in [4.78, 5) is 32.4. The van der Waals surface area contributed by atoms with E-state index in [1.165, 1.54) is 0 Å². The monoisotopic (exact) mass is 498 g/mol. The Balaban J connectivity index is 2.05. The zero-order valence-electron chi connectivity index (χ0n) is 22.4. The summed E-state index contributed by atoms with van der Waals surface area (Å²) < 4.78 is 11.1. The molecule has 0 spiro atoms. The Hall–Kier alpha value is -2.81. The van der Waals surface area contributed by atoms with Gasteiger partial charge in [-0.2, -0.15) is 0 Å². The van der Waals surface area contributed by atoms with E-state index in [9.17, 15) is 9.59 Å². The lowest BCUT2D eigenvalue weighted by Gasteiger charge is -2.31. The highest BCUT2D eigenvalue weighted by molar-refractivity contribution is 5.77. The minimum Gasteiger partial charge on any atom is -0.461 e. The number of benzene rings is 1. The topological polar surface area (TPSA) is 92.8 Å². The normalized spacial score (nSPS) is 12.4. The summed E-state index contributed by atoms with van der Waals surface area (Å²) in [5.41, 5.74) is 2.11. The van der Waals surface area contributed by atoms with E-state index in [2.05, 4.69) is 10.6 Å². The number of likely N-dealkylation sites (N-methyl/N-ethyl adjacent to an activating group) is 2. The van der Waals surface area contributed by atoms with Crippen molar-refractivity contribution in [2.45, 2.75) is 71.9 Å². The summed E-state index contributed by atoms with van der Waals surface area (Å²) in [6.45, 7) is 11.2. The summed E-state index contributed by atoms with van der Waals surface area (Å²) in [5, 5.41) is 6.46. The van der Waals surface area contributed by atoms with Crippen LogP contribution in [-0.2, 0) is 38.8 Å². The Labute approximate surface area is 215 Å². The van der Waals surface area contributed by atoms with Crippen LogP contribution in [0.15, 0.2) is 48.5 Å². The van der Waals surface area contributed by atoms with E-state index in [0.717, 1.165) is 30.0 Å². The lowest BCUT2D eigenvalue weighted by molar-refractivity contribution is -0.162. The number of esters is 2. The maximum atomic E-state index is 13.2. The Morgan fingerprint density at radius 1 is 1.03 bits per heavy atom. The van der Waals surface area contributed by atoms with E-state index in [1.54, 1.807) is 0 Å². The van der Waals surface area contributed by atoms with Crippen molar-refractivity contribution >= 4 is 11.9 Å². The van der Waals surface area contributed by atoms with Gasteiger partial charge in [-0.3, -0.25) is 19.5 Å². The molecule has 0 aliphatic rings. The summed E-state index contributed by atoms with van der Waals surface area (Å²) in [6.07, 6.45) is 0.428. The fourth-order valence-corrected chi connectivity index (χ4v) is 3.68. The lowest BCUT2D eigenvalue weighted by Crippen LogP contribution is -2.44. The van der Waals surface area contributed by atoms with E-state index in [1.807, 2.05) is 88.2 Å². The molecule has 2 N–H and O–H groups in total. The first-order valence-corrected chi connectivity index (χ1v) is 12.7. The highest BCUT2D eigenvalue weighted by Crippen LogP contribution is 2.18. The zero-order chi connectivity index (χ0) is 26.4. The van der Waals surface area contributed by atoms with Crippen LogP contribution in [0.25, 0.3) is 0 Å². The van der Waals surface area contributed by atoms with Crippen LogP contribution < -0.4 is 10.6 Å². The fourth-order valence-electron chi connectivity index (χ4n) is 3.68. The average molecular weight is 499 g/mol. The van der Waals surface area contributed by atoms with Crippen LogP contribution in [0.5, 0.6) is 0 Å². The van der Waals surface area contributed by atoms with Gasteiger partial charge in [0, 0.05) is 32.6 Å². The first-order chi connectivity index (χ1) is 17.2. The Morgan fingerprint density at radius 3 is 2.42 bits per heavy atom.